The molecule has 0 aliphatic rings. The number of nitrogens with zero attached hydrogens (tertiary/aromatic N) is 2. The molecule has 0 saturated heterocycles. The molecule has 0 aliphatic carbocycles. The van der Waals surface area contributed by atoms with E-state index < -0.39 is 0 Å². The summed E-state index contributed by atoms with van der Waals surface area (Å²) in [7, 11) is 0. The highest BCUT2D eigenvalue weighted by Gasteiger charge is 2.11. The maximum absolute atomic E-state index is 12.0. The van der Waals surface area contributed by atoms with Crippen molar-refractivity contribution in [2.24, 2.45) is 5.92 Å². The molecule has 2 aromatic heterocycles. The molecule has 2 rings (SSSR count). The molecule has 0 atom stereocenters. The van der Waals surface area contributed by atoms with Crippen LogP contribution in [0.15, 0.2) is 17.5 Å². The van der Waals surface area contributed by atoms with Crippen LogP contribution in [0.25, 0.3) is 10.7 Å². The van der Waals surface area contributed by atoms with Gasteiger partial charge >= 0.3 is 0 Å². The maximum Gasteiger partial charge on any atom is 0.221 e. The van der Waals surface area contributed by atoms with Gasteiger partial charge in [0.05, 0.1) is 4.88 Å². The Hall–Kier alpha value is -1.51. The van der Waals surface area contributed by atoms with Gasteiger partial charge in [0.1, 0.15) is 0 Å². The van der Waals surface area contributed by atoms with E-state index in [1.54, 1.807) is 11.3 Å². The third-order valence-electron chi connectivity index (χ3n) is 3.30. The SMILES string of the molecule is CC(C)COCCCNC(=O)CCn1c(-c2cccs2)n[nH]c1=S. The molecule has 0 radical (unpaired) electrons. The van der Waals surface area contributed by atoms with Crippen LogP contribution in [0.5, 0.6) is 0 Å². The number of aromatic nitrogens is 3. The summed E-state index contributed by atoms with van der Waals surface area (Å²) in [5, 5.41) is 12.0. The molecule has 2 N–H and O–H groups in total. The molecule has 1 amide bonds. The number of H-pyrrole nitrogens is 1. The summed E-state index contributed by atoms with van der Waals surface area (Å²) in [6.07, 6.45) is 1.20. The molecule has 0 aliphatic heterocycles. The second-order valence-electron chi connectivity index (χ2n) is 5.90. The molecule has 24 heavy (non-hydrogen) atoms. The van der Waals surface area contributed by atoms with E-state index in [1.807, 2.05) is 22.1 Å². The average molecular weight is 369 g/mol. The summed E-state index contributed by atoms with van der Waals surface area (Å²) in [5.41, 5.74) is 0. The second-order valence-corrected chi connectivity index (χ2v) is 7.24. The highest BCUT2D eigenvalue weighted by molar-refractivity contribution is 7.71. The number of thiophene rings is 1. The lowest BCUT2D eigenvalue weighted by Gasteiger charge is -2.08. The van der Waals surface area contributed by atoms with Gasteiger partial charge in [-0.05, 0) is 36.0 Å². The number of carbonyl (C=O) groups excluding carboxylic acids is 1. The Balaban J connectivity index is 1.73. The summed E-state index contributed by atoms with van der Waals surface area (Å²) in [5.74, 6) is 1.33. The molecule has 2 aromatic rings. The fourth-order valence-corrected chi connectivity index (χ4v) is 3.09. The Kier molecular flexibility index (Phi) is 7.61. The van der Waals surface area contributed by atoms with E-state index >= 15 is 0 Å². The third-order valence-corrected chi connectivity index (χ3v) is 4.48. The molecule has 0 unspecified atom stereocenters. The standard InChI is InChI=1S/C16H24N4O2S2/c1-12(2)11-22-9-4-7-17-14(21)6-8-20-15(18-19-16(20)23)13-5-3-10-24-13/h3,5,10,12H,4,6-9,11H2,1-2H3,(H,17,21)(H,19,23). The van der Waals surface area contributed by atoms with Gasteiger partial charge in [-0.15, -0.1) is 11.3 Å². The zero-order valence-corrected chi connectivity index (χ0v) is 15.7. The fourth-order valence-electron chi connectivity index (χ4n) is 2.14. The van der Waals surface area contributed by atoms with Gasteiger partial charge in [-0.3, -0.25) is 14.5 Å². The lowest BCUT2D eigenvalue weighted by Crippen LogP contribution is -2.26. The first-order valence-corrected chi connectivity index (χ1v) is 9.40. The molecule has 6 nitrogen and oxygen atoms in total. The summed E-state index contributed by atoms with van der Waals surface area (Å²) in [6, 6.07) is 3.96. The molecule has 0 aromatic carbocycles. The van der Waals surface area contributed by atoms with Gasteiger partial charge in [0, 0.05) is 32.7 Å². The normalized spacial score (nSPS) is 11.1. The van der Waals surface area contributed by atoms with Crippen molar-refractivity contribution >= 4 is 29.5 Å². The maximum atomic E-state index is 12.0. The van der Waals surface area contributed by atoms with Crippen molar-refractivity contribution < 1.29 is 9.53 Å². The molecular formula is C16H24N4O2S2. The van der Waals surface area contributed by atoms with Crippen molar-refractivity contribution in [3.63, 3.8) is 0 Å². The lowest BCUT2D eigenvalue weighted by molar-refractivity contribution is -0.121. The average Bonchev–Trinajstić information content (AvgIpc) is 3.18. The summed E-state index contributed by atoms with van der Waals surface area (Å²) >= 11 is 6.85. The predicted octanol–water partition coefficient (Wildman–Crippen LogP) is 3.24. The van der Waals surface area contributed by atoms with E-state index in [9.17, 15) is 4.79 Å². The minimum absolute atomic E-state index is 0.0130. The van der Waals surface area contributed by atoms with Crippen LogP contribution in [0.2, 0.25) is 0 Å². The van der Waals surface area contributed by atoms with E-state index in [0.29, 0.717) is 36.8 Å². The van der Waals surface area contributed by atoms with Crippen molar-refractivity contribution in [1.82, 2.24) is 20.1 Å². The minimum atomic E-state index is 0.0130. The first-order chi connectivity index (χ1) is 11.6. The van der Waals surface area contributed by atoms with Crippen LogP contribution in [0.4, 0.5) is 0 Å². The number of carbonyl (C=O) groups is 1. The Morgan fingerprint density at radius 2 is 2.38 bits per heavy atom. The van der Waals surface area contributed by atoms with E-state index in [1.165, 1.54) is 0 Å². The van der Waals surface area contributed by atoms with Crippen LogP contribution in [0.1, 0.15) is 26.7 Å². The van der Waals surface area contributed by atoms with Gasteiger partial charge in [0.15, 0.2) is 10.6 Å². The number of rotatable bonds is 10. The van der Waals surface area contributed by atoms with Crippen molar-refractivity contribution in [1.29, 1.82) is 0 Å². The van der Waals surface area contributed by atoms with Crippen molar-refractivity contribution in [2.75, 3.05) is 19.8 Å². The number of aromatic amines is 1. The van der Waals surface area contributed by atoms with Crippen molar-refractivity contribution in [3.8, 4) is 10.7 Å². The zero-order chi connectivity index (χ0) is 17.4. The summed E-state index contributed by atoms with van der Waals surface area (Å²) < 4.78 is 7.89. The Morgan fingerprint density at radius 3 is 3.08 bits per heavy atom. The van der Waals surface area contributed by atoms with Crippen molar-refractivity contribution in [2.45, 2.75) is 33.2 Å². The molecule has 0 spiro atoms. The van der Waals surface area contributed by atoms with Crippen LogP contribution in [-0.2, 0) is 16.1 Å². The number of ether oxygens (including phenoxy) is 1. The van der Waals surface area contributed by atoms with Crippen LogP contribution in [0.3, 0.4) is 0 Å². The van der Waals surface area contributed by atoms with Crippen LogP contribution < -0.4 is 5.32 Å². The Labute approximate surface area is 151 Å². The van der Waals surface area contributed by atoms with E-state index in [0.717, 1.165) is 23.7 Å². The summed E-state index contributed by atoms with van der Waals surface area (Å²) in [6.45, 7) is 6.82. The highest BCUT2D eigenvalue weighted by Crippen LogP contribution is 2.22. The second kappa shape index (κ2) is 9.71. The number of amides is 1. The molecule has 0 bridgehead atoms. The number of hydrogen-bond acceptors (Lipinski definition) is 5. The molecule has 132 valence electrons. The zero-order valence-electron chi connectivity index (χ0n) is 14.1. The van der Waals surface area contributed by atoms with Gasteiger partial charge < -0.3 is 10.1 Å². The van der Waals surface area contributed by atoms with Gasteiger partial charge in [-0.1, -0.05) is 19.9 Å². The third kappa shape index (κ3) is 5.85. The largest absolute Gasteiger partial charge is 0.381 e. The Bertz CT molecular complexity index is 677. The fraction of sp³-hybridized carbons (Fsp3) is 0.562. The van der Waals surface area contributed by atoms with E-state index in [2.05, 4.69) is 29.4 Å². The van der Waals surface area contributed by atoms with Crippen LogP contribution in [0, 0.1) is 10.7 Å². The van der Waals surface area contributed by atoms with Gasteiger partial charge in [-0.2, -0.15) is 5.10 Å². The topological polar surface area (TPSA) is 71.9 Å². The minimum Gasteiger partial charge on any atom is -0.381 e. The first-order valence-electron chi connectivity index (χ1n) is 8.11. The van der Waals surface area contributed by atoms with E-state index in [-0.39, 0.29) is 5.91 Å². The molecular weight excluding hydrogens is 344 g/mol. The summed E-state index contributed by atoms with van der Waals surface area (Å²) in [4.78, 5) is 13.0. The van der Waals surface area contributed by atoms with Crippen LogP contribution in [-0.4, -0.2) is 40.4 Å². The molecule has 8 heteroatoms. The smallest absolute Gasteiger partial charge is 0.221 e. The van der Waals surface area contributed by atoms with Crippen LogP contribution >= 0.6 is 23.6 Å². The Morgan fingerprint density at radius 1 is 1.54 bits per heavy atom. The quantitative estimate of drug-likeness (QED) is 0.499. The van der Waals surface area contributed by atoms with Gasteiger partial charge in [0.25, 0.3) is 0 Å². The monoisotopic (exact) mass is 368 g/mol. The van der Waals surface area contributed by atoms with Gasteiger partial charge in [0.2, 0.25) is 5.91 Å². The van der Waals surface area contributed by atoms with Gasteiger partial charge in [-0.25, -0.2) is 0 Å². The number of nitrogens with one attached hydrogen (secondary N) is 2. The molecule has 2 heterocycles. The van der Waals surface area contributed by atoms with E-state index in [4.69, 9.17) is 17.0 Å². The number of hydrogen-bond donors (Lipinski definition) is 2. The molecule has 0 fully saturated rings. The predicted molar refractivity (Wildman–Crippen MR) is 98.6 cm³/mol. The first kappa shape index (κ1) is 18.8. The highest BCUT2D eigenvalue weighted by atomic mass is 32.1. The lowest BCUT2D eigenvalue weighted by atomic mass is 10.2. The van der Waals surface area contributed by atoms with Crippen molar-refractivity contribution in [3.05, 3.63) is 22.3 Å². The molecule has 0 saturated carbocycles.